The van der Waals surface area contributed by atoms with Crippen molar-refractivity contribution >= 4 is 0 Å². The van der Waals surface area contributed by atoms with E-state index in [1.54, 1.807) is 21.0 Å². The quantitative estimate of drug-likeness (QED) is 0.851. The van der Waals surface area contributed by atoms with Gasteiger partial charge in [0.25, 0.3) is 0 Å². The molecule has 0 saturated carbocycles. The lowest BCUT2D eigenvalue weighted by molar-refractivity contribution is 0.0753. The Kier molecular flexibility index (Phi) is 3.58. The topological polar surface area (TPSA) is 29.5 Å². The van der Waals surface area contributed by atoms with Gasteiger partial charge in [-0.3, -0.25) is 0 Å². The second-order valence-corrected chi connectivity index (χ2v) is 6.20. The van der Waals surface area contributed by atoms with Crippen molar-refractivity contribution in [3.63, 3.8) is 0 Å². The highest BCUT2D eigenvalue weighted by Crippen LogP contribution is 2.39. The molecule has 0 aliphatic carbocycles. The van der Waals surface area contributed by atoms with Crippen LogP contribution in [0.25, 0.3) is 0 Å². The van der Waals surface area contributed by atoms with Crippen molar-refractivity contribution < 1.29 is 9.84 Å². The van der Waals surface area contributed by atoms with E-state index in [0.29, 0.717) is 0 Å². The van der Waals surface area contributed by atoms with Crippen molar-refractivity contribution in [2.75, 3.05) is 7.11 Å². The van der Waals surface area contributed by atoms with Gasteiger partial charge < -0.3 is 9.84 Å². The largest absolute Gasteiger partial charge is 0.496 e. The summed E-state index contributed by atoms with van der Waals surface area (Å²) in [7, 11) is 1.66. The first-order valence-corrected chi connectivity index (χ1v) is 5.99. The summed E-state index contributed by atoms with van der Waals surface area (Å²) in [6, 6.07) is 4.13. The zero-order chi connectivity index (χ0) is 13.4. The summed E-state index contributed by atoms with van der Waals surface area (Å²) in [5.41, 5.74) is 2.24. The molecule has 0 amide bonds. The standard InChI is InChI=1S/C15H24O2/c1-10-8-11(14(2,3)4)13(17-7)12(9-10)15(5,6)16/h8-9,16H,1-7H3. The molecule has 0 unspecified atom stereocenters. The SMILES string of the molecule is COc1c(C(C)(C)C)cc(C)cc1C(C)(C)O. The highest BCUT2D eigenvalue weighted by molar-refractivity contribution is 5.49. The number of methoxy groups -OCH3 is 1. The Morgan fingerprint density at radius 3 is 1.82 bits per heavy atom. The van der Waals surface area contributed by atoms with Crippen LogP contribution in [0, 0.1) is 6.92 Å². The van der Waals surface area contributed by atoms with Crippen molar-refractivity contribution in [1.82, 2.24) is 0 Å². The first-order valence-electron chi connectivity index (χ1n) is 5.99. The fourth-order valence-corrected chi connectivity index (χ4v) is 2.00. The van der Waals surface area contributed by atoms with Crippen LogP contribution < -0.4 is 4.74 Å². The smallest absolute Gasteiger partial charge is 0.128 e. The van der Waals surface area contributed by atoms with Gasteiger partial charge in [-0.15, -0.1) is 0 Å². The van der Waals surface area contributed by atoms with E-state index in [0.717, 1.165) is 22.4 Å². The van der Waals surface area contributed by atoms with E-state index in [1.165, 1.54) is 0 Å². The van der Waals surface area contributed by atoms with Crippen LogP contribution in [0.3, 0.4) is 0 Å². The number of rotatable bonds is 2. The molecule has 0 bridgehead atoms. The van der Waals surface area contributed by atoms with Crippen LogP contribution in [0.4, 0.5) is 0 Å². The molecule has 1 N–H and O–H groups in total. The maximum atomic E-state index is 10.2. The van der Waals surface area contributed by atoms with Crippen LogP contribution in [-0.4, -0.2) is 12.2 Å². The van der Waals surface area contributed by atoms with Gasteiger partial charge >= 0.3 is 0 Å². The minimum atomic E-state index is -0.892. The Bertz CT molecular complexity index is 371. The Hall–Kier alpha value is -1.02. The van der Waals surface area contributed by atoms with Crippen LogP contribution in [0.15, 0.2) is 12.1 Å². The molecule has 1 rings (SSSR count). The molecule has 0 atom stereocenters. The predicted octanol–water partition coefficient (Wildman–Crippen LogP) is 3.53. The number of aryl methyl sites for hydroxylation is 1. The molecular weight excluding hydrogens is 212 g/mol. The molecule has 1 aromatic carbocycles. The van der Waals surface area contributed by atoms with E-state index in [9.17, 15) is 5.11 Å². The first kappa shape index (κ1) is 14.0. The van der Waals surface area contributed by atoms with E-state index in [1.807, 2.05) is 13.0 Å². The second-order valence-electron chi connectivity index (χ2n) is 6.20. The van der Waals surface area contributed by atoms with Crippen LogP contribution >= 0.6 is 0 Å². The Balaban J connectivity index is 3.58. The molecule has 0 radical (unpaired) electrons. The predicted molar refractivity (Wildman–Crippen MR) is 71.7 cm³/mol. The third-order valence-corrected chi connectivity index (χ3v) is 2.90. The van der Waals surface area contributed by atoms with Crippen molar-refractivity contribution in [2.45, 2.75) is 52.6 Å². The van der Waals surface area contributed by atoms with Crippen LogP contribution in [0.1, 0.15) is 51.3 Å². The molecule has 0 fully saturated rings. The molecule has 96 valence electrons. The molecule has 0 heterocycles. The number of hydrogen-bond donors (Lipinski definition) is 1. The minimum Gasteiger partial charge on any atom is -0.496 e. The summed E-state index contributed by atoms with van der Waals surface area (Å²) in [5.74, 6) is 0.801. The van der Waals surface area contributed by atoms with E-state index >= 15 is 0 Å². The molecule has 0 aromatic heterocycles. The Labute approximate surface area is 105 Å². The molecule has 2 nitrogen and oxygen atoms in total. The number of benzene rings is 1. The molecule has 17 heavy (non-hydrogen) atoms. The van der Waals surface area contributed by atoms with Gasteiger partial charge in [-0.25, -0.2) is 0 Å². The van der Waals surface area contributed by atoms with Gasteiger partial charge in [0.1, 0.15) is 5.75 Å². The van der Waals surface area contributed by atoms with Crippen LogP contribution in [-0.2, 0) is 11.0 Å². The molecule has 0 aliphatic rings. The van der Waals surface area contributed by atoms with E-state index in [4.69, 9.17) is 4.74 Å². The lowest BCUT2D eigenvalue weighted by Crippen LogP contribution is -2.21. The highest BCUT2D eigenvalue weighted by atomic mass is 16.5. The van der Waals surface area contributed by atoms with Gasteiger partial charge in [0.15, 0.2) is 0 Å². The number of aliphatic hydroxyl groups is 1. The molecule has 2 heteroatoms. The molecular formula is C15H24O2. The number of ether oxygens (including phenoxy) is 1. The lowest BCUT2D eigenvalue weighted by Gasteiger charge is -2.28. The van der Waals surface area contributed by atoms with Gasteiger partial charge in [0, 0.05) is 11.1 Å². The maximum Gasteiger partial charge on any atom is 0.128 e. The summed E-state index contributed by atoms with van der Waals surface area (Å²) in [4.78, 5) is 0. The van der Waals surface area contributed by atoms with E-state index < -0.39 is 5.60 Å². The average Bonchev–Trinajstić information content (AvgIpc) is 2.13. The summed E-state index contributed by atoms with van der Waals surface area (Å²) >= 11 is 0. The van der Waals surface area contributed by atoms with Gasteiger partial charge in [0.2, 0.25) is 0 Å². The molecule has 0 aliphatic heterocycles. The zero-order valence-corrected chi connectivity index (χ0v) is 12.0. The number of hydrogen-bond acceptors (Lipinski definition) is 2. The van der Waals surface area contributed by atoms with E-state index in [-0.39, 0.29) is 5.41 Å². The monoisotopic (exact) mass is 236 g/mol. The Morgan fingerprint density at radius 2 is 1.47 bits per heavy atom. The van der Waals surface area contributed by atoms with Crippen LogP contribution in [0.2, 0.25) is 0 Å². The molecule has 0 spiro atoms. The van der Waals surface area contributed by atoms with Crippen molar-refractivity contribution in [2.24, 2.45) is 0 Å². The lowest BCUT2D eigenvalue weighted by atomic mass is 9.81. The summed E-state index contributed by atoms with van der Waals surface area (Å²) in [5, 5.41) is 10.2. The van der Waals surface area contributed by atoms with Gasteiger partial charge in [-0.05, 0) is 32.3 Å². The summed E-state index contributed by atoms with van der Waals surface area (Å²) in [6.45, 7) is 12.1. The summed E-state index contributed by atoms with van der Waals surface area (Å²) in [6.07, 6.45) is 0. The third kappa shape index (κ3) is 3.01. The van der Waals surface area contributed by atoms with Crippen molar-refractivity contribution in [1.29, 1.82) is 0 Å². The third-order valence-electron chi connectivity index (χ3n) is 2.90. The Morgan fingerprint density at radius 1 is 1.00 bits per heavy atom. The molecule has 0 saturated heterocycles. The summed E-state index contributed by atoms with van der Waals surface area (Å²) < 4.78 is 5.52. The van der Waals surface area contributed by atoms with Crippen molar-refractivity contribution in [3.05, 3.63) is 28.8 Å². The van der Waals surface area contributed by atoms with Gasteiger partial charge in [-0.2, -0.15) is 0 Å². The zero-order valence-electron chi connectivity index (χ0n) is 12.0. The minimum absolute atomic E-state index is 0.00262. The first-order chi connectivity index (χ1) is 7.57. The maximum absolute atomic E-state index is 10.2. The fraction of sp³-hybridized carbons (Fsp3) is 0.600. The molecule has 1 aromatic rings. The van der Waals surface area contributed by atoms with Crippen molar-refractivity contribution in [3.8, 4) is 5.75 Å². The second kappa shape index (κ2) is 4.34. The van der Waals surface area contributed by atoms with E-state index in [2.05, 4.69) is 26.8 Å². The van der Waals surface area contributed by atoms with Crippen LogP contribution in [0.5, 0.6) is 5.75 Å². The fourth-order valence-electron chi connectivity index (χ4n) is 2.00. The van der Waals surface area contributed by atoms with Gasteiger partial charge in [0.05, 0.1) is 12.7 Å². The highest BCUT2D eigenvalue weighted by Gasteiger charge is 2.27. The van der Waals surface area contributed by atoms with Gasteiger partial charge in [-0.1, -0.05) is 32.4 Å². The average molecular weight is 236 g/mol. The normalized spacial score (nSPS) is 12.7.